The van der Waals surface area contributed by atoms with Crippen molar-refractivity contribution >= 4 is 17.7 Å². The molecule has 0 radical (unpaired) electrons. The van der Waals surface area contributed by atoms with E-state index in [0.29, 0.717) is 36.5 Å². The van der Waals surface area contributed by atoms with Crippen molar-refractivity contribution in [3.8, 4) is 5.88 Å². The first kappa shape index (κ1) is 18.3. The SMILES string of the molecule is CCCc1onc(C)c1C(=O)N1CC2(C[C@@H](Oc3ncccc3F)CS2)C1. The van der Waals surface area contributed by atoms with Gasteiger partial charge in [0.1, 0.15) is 17.4 Å². The van der Waals surface area contributed by atoms with Gasteiger partial charge in [0.2, 0.25) is 0 Å². The van der Waals surface area contributed by atoms with Crippen LogP contribution < -0.4 is 4.74 Å². The molecule has 2 saturated heterocycles. The van der Waals surface area contributed by atoms with Crippen LogP contribution in [-0.2, 0) is 6.42 Å². The van der Waals surface area contributed by atoms with Gasteiger partial charge < -0.3 is 14.2 Å². The second kappa shape index (κ2) is 7.14. The summed E-state index contributed by atoms with van der Waals surface area (Å²) in [5, 5.41) is 3.96. The molecule has 2 fully saturated rings. The standard InChI is InChI=1S/C19H22FN3O3S/c1-3-5-15-16(12(2)22-26-15)18(24)23-10-19(11-23)8-13(9-27-19)25-17-14(20)6-4-7-21-17/h4,6-7,13H,3,5,8-11H2,1-2H3/t13-/m1/s1. The zero-order valence-corrected chi connectivity index (χ0v) is 16.2. The Hall–Kier alpha value is -2.09. The van der Waals surface area contributed by atoms with Crippen molar-refractivity contribution in [3.05, 3.63) is 41.2 Å². The molecule has 0 bridgehead atoms. The Labute approximate surface area is 161 Å². The maximum atomic E-state index is 13.7. The van der Waals surface area contributed by atoms with Crippen LogP contribution in [0.1, 0.15) is 41.6 Å². The van der Waals surface area contributed by atoms with Crippen LogP contribution in [0.25, 0.3) is 0 Å². The number of nitrogens with zero attached hydrogens (tertiary/aromatic N) is 3. The maximum Gasteiger partial charge on any atom is 0.259 e. The van der Waals surface area contributed by atoms with Crippen molar-refractivity contribution in [2.75, 3.05) is 18.8 Å². The summed E-state index contributed by atoms with van der Waals surface area (Å²) in [4.78, 5) is 18.7. The fourth-order valence-electron chi connectivity index (χ4n) is 3.75. The summed E-state index contributed by atoms with van der Waals surface area (Å²) >= 11 is 1.79. The van der Waals surface area contributed by atoms with Gasteiger partial charge in [-0.25, -0.2) is 9.37 Å². The normalized spacial score (nSPS) is 20.7. The quantitative estimate of drug-likeness (QED) is 0.779. The van der Waals surface area contributed by atoms with Crippen LogP contribution in [0.2, 0.25) is 0 Å². The molecule has 2 aliphatic heterocycles. The molecule has 27 heavy (non-hydrogen) atoms. The van der Waals surface area contributed by atoms with E-state index in [2.05, 4.69) is 10.1 Å². The highest BCUT2D eigenvalue weighted by atomic mass is 32.2. The smallest absolute Gasteiger partial charge is 0.259 e. The highest BCUT2D eigenvalue weighted by molar-refractivity contribution is 8.01. The van der Waals surface area contributed by atoms with Crippen LogP contribution in [0, 0.1) is 12.7 Å². The number of ether oxygens (including phenoxy) is 1. The van der Waals surface area contributed by atoms with E-state index < -0.39 is 5.82 Å². The number of carbonyl (C=O) groups excluding carboxylic acids is 1. The predicted molar refractivity (Wildman–Crippen MR) is 99.6 cm³/mol. The molecule has 4 rings (SSSR count). The first-order chi connectivity index (χ1) is 13.0. The zero-order valence-electron chi connectivity index (χ0n) is 15.4. The first-order valence-corrected chi connectivity index (χ1v) is 10.2. The molecule has 2 aromatic rings. The van der Waals surface area contributed by atoms with Gasteiger partial charge in [-0.1, -0.05) is 12.1 Å². The number of likely N-dealkylation sites (tertiary alicyclic amines) is 1. The third kappa shape index (κ3) is 3.42. The molecule has 0 aromatic carbocycles. The van der Waals surface area contributed by atoms with Crippen LogP contribution in [0.3, 0.4) is 0 Å². The lowest BCUT2D eigenvalue weighted by atomic mass is 9.92. The number of aromatic nitrogens is 2. The molecule has 8 heteroatoms. The van der Waals surface area contributed by atoms with Gasteiger partial charge in [-0.2, -0.15) is 0 Å². The predicted octanol–water partition coefficient (Wildman–Crippen LogP) is 3.25. The third-order valence-corrected chi connectivity index (χ3v) is 6.62. The minimum Gasteiger partial charge on any atom is -0.471 e. The van der Waals surface area contributed by atoms with Crippen LogP contribution in [0.5, 0.6) is 5.88 Å². The number of amides is 1. The largest absolute Gasteiger partial charge is 0.471 e. The summed E-state index contributed by atoms with van der Waals surface area (Å²) in [5.41, 5.74) is 1.26. The molecule has 1 spiro atoms. The molecule has 144 valence electrons. The number of aryl methyl sites for hydroxylation is 2. The minimum absolute atomic E-state index is 0.0106. The zero-order chi connectivity index (χ0) is 19.0. The second-order valence-corrected chi connectivity index (χ2v) is 8.69. The molecule has 6 nitrogen and oxygen atoms in total. The molecular formula is C19H22FN3O3S. The summed E-state index contributed by atoms with van der Waals surface area (Å²) in [5.74, 6) is 1.04. The van der Waals surface area contributed by atoms with Gasteiger partial charge in [0.25, 0.3) is 11.8 Å². The lowest BCUT2D eigenvalue weighted by molar-refractivity contribution is 0.0511. The number of hydrogen-bond donors (Lipinski definition) is 0. The van der Waals surface area contributed by atoms with E-state index in [9.17, 15) is 9.18 Å². The van der Waals surface area contributed by atoms with Crippen LogP contribution in [0.15, 0.2) is 22.9 Å². The van der Waals surface area contributed by atoms with Crippen molar-refractivity contribution in [2.45, 2.75) is 44.0 Å². The molecule has 0 N–H and O–H groups in total. The van der Waals surface area contributed by atoms with E-state index in [-0.39, 0.29) is 22.6 Å². The summed E-state index contributed by atoms with van der Waals surface area (Å²) in [6.07, 6.45) is 3.82. The van der Waals surface area contributed by atoms with E-state index in [1.165, 1.54) is 12.3 Å². The number of hydrogen-bond acceptors (Lipinski definition) is 6. The van der Waals surface area contributed by atoms with Gasteiger partial charge in [0.05, 0.1) is 10.4 Å². The number of rotatable bonds is 5. The Balaban J connectivity index is 1.37. The van der Waals surface area contributed by atoms with E-state index in [0.717, 1.165) is 18.6 Å². The van der Waals surface area contributed by atoms with Crippen molar-refractivity contribution in [1.82, 2.24) is 15.0 Å². The summed E-state index contributed by atoms with van der Waals surface area (Å²) in [6, 6.07) is 2.89. The fraction of sp³-hybridized carbons (Fsp3) is 0.526. The third-order valence-electron chi connectivity index (χ3n) is 5.05. The highest BCUT2D eigenvalue weighted by Gasteiger charge is 2.52. The van der Waals surface area contributed by atoms with Crippen LogP contribution >= 0.6 is 11.8 Å². The van der Waals surface area contributed by atoms with Crippen molar-refractivity contribution in [3.63, 3.8) is 0 Å². The van der Waals surface area contributed by atoms with Gasteiger partial charge in [-0.15, -0.1) is 11.8 Å². The van der Waals surface area contributed by atoms with Gasteiger partial charge in [0.15, 0.2) is 5.82 Å². The molecule has 0 aliphatic carbocycles. The Kier molecular flexibility index (Phi) is 4.84. The van der Waals surface area contributed by atoms with E-state index in [4.69, 9.17) is 9.26 Å². The maximum absolute atomic E-state index is 13.7. The topological polar surface area (TPSA) is 68.5 Å². The second-order valence-electron chi connectivity index (χ2n) is 7.21. The van der Waals surface area contributed by atoms with Crippen molar-refractivity contribution in [1.29, 1.82) is 0 Å². The molecule has 0 unspecified atom stereocenters. The Morgan fingerprint density at radius 2 is 2.33 bits per heavy atom. The Morgan fingerprint density at radius 3 is 3.07 bits per heavy atom. The summed E-state index contributed by atoms with van der Waals surface area (Å²) in [6.45, 7) is 5.18. The highest BCUT2D eigenvalue weighted by Crippen LogP contribution is 2.46. The monoisotopic (exact) mass is 391 g/mol. The van der Waals surface area contributed by atoms with Crippen LogP contribution in [0.4, 0.5) is 4.39 Å². The number of pyridine rings is 1. The van der Waals surface area contributed by atoms with Crippen molar-refractivity contribution in [2.24, 2.45) is 0 Å². The van der Waals surface area contributed by atoms with E-state index >= 15 is 0 Å². The minimum atomic E-state index is -0.444. The molecule has 1 atom stereocenters. The molecule has 4 heterocycles. The molecule has 2 aliphatic rings. The van der Waals surface area contributed by atoms with Gasteiger partial charge in [0, 0.05) is 37.9 Å². The average molecular weight is 391 g/mol. The molecule has 0 saturated carbocycles. The summed E-state index contributed by atoms with van der Waals surface area (Å²) < 4.78 is 24.8. The lowest BCUT2D eigenvalue weighted by Crippen LogP contribution is -2.61. The summed E-state index contributed by atoms with van der Waals surface area (Å²) in [7, 11) is 0. The van der Waals surface area contributed by atoms with Gasteiger partial charge in [-0.05, 0) is 25.5 Å². The van der Waals surface area contributed by atoms with E-state index in [1.54, 1.807) is 24.8 Å². The Bertz CT molecular complexity index is 850. The fourth-order valence-corrected chi connectivity index (χ4v) is 5.28. The molecular weight excluding hydrogens is 369 g/mol. The lowest BCUT2D eigenvalue weighted by Gasteiger charge is -2.47. The Morgan fingerprint density at radius 1 is 1.52 bits per heavy atom. The van der Waals surface area contributed by atoms with Crippen molar-refractivity contribution < 1.29 is 18.4 Å². The number of halogens is 1. The van der Waals surface area contributed by atoms with E-state index in [1.807, 2.05) is 11.8 Å². The number of carbonyl (C=O) groups is 1. The number of thioether (sulfide) groups is 1. The molecule has 1 amide bonds. The molecule has 2 aromatic heterocycles. The average Bonchev–Trinajstić information content (AvgIpc) is 3.20. The first-order valence-electron chi connectivity index (χ1n) is 9.17. The van der Waals surface area contributed by atoms with Gasteiger partial charge >= 0.3 is 0 Å². The van der Waals surface area contributed by atoms with Crippen LogP contribution in [-0.4, -0.2) is 50.6 Å². The van der Waals surface area contributed by atoms with Gasteiger partial charge in [-0.3, -0.25) is 4.79 Å².